The third-order valence-corrected chi connectivity index (χ3v) is 3.26. The Morgan fingerprint density at radius 1 is 1.05 bits per heavy atom. The molecule has 21 heavy (non-hydrogen) atoms. The maximum Gasteiger partial charge on any atom is 0.387 e. The monoisotopic (exact) mass is 311 g/mol. The molecule has 0 heterocycles. The number of nitrogens with one attached hydrogen (secondary N) is 1. The van der Waals surface area contributed by atoms with Crippen LogP contribution in [0.2, 0.25) is 5.02 Å². The van der Waals surface area contributed by atoms with Gasteiger partial charge in [-0.1, -0.05) is 41.9 Å². The summed E-state index contributed by atoms with van der Waals surface area (Å²) in [6.45, 7) is -1.58. The van der Waals surface area contributed by atoms with Gasteiger partial charge in [-0.15, -0.1) is 0 Å². The number of rotatable bonds is 7. The molecule has 0 aliphatic carbocycles. The predicted octanol–water partition coefficient (Wildman–Crippen LogP) is 4.27. The molecule has 0 saturated carbocycles. The highest BCUT2D eigenvalue weighted by Crippen LogP contribution is 2.19. The number of benzene rings is 2. The van der Waals surface area contributed by atoms with Gasteiger partial charge in [0, 0.05) is 17.1 Å². The van der Waals surface area contributed by atoms with Crippen molar-refractivity contribution in [3.8, 4) is 5.75 Å². The number of alkyl halides is 2. The molecular weight excluding hydrogens is 296 g/mol. The maximum atomic E-state index is 12.3. The Hall–Kier alpha value is -1.65. The van der Waals surface area contributed by atoms with Crippen molar-refractivity contribution in [3.05, 3.63) is 64.7 Å². The smallest absolute Gasteiger partial charge is 0.387 e. The summed E-state index contributed by atoms with van der Waals surface area (Å²) in [4.78, 5) is 0. The van der Waals surface area contributed by atoms with Gasteiger partial charge in [-0.05, 0) is 36.7 Å². The molecular formula is C16H16ClF2NO. The minimum atomic E-state index is -2.81. The second-order valence-corrected chi connectivity index (χ2v) is 4.98. The minimum Gasteiger partial charge on any atom is -0.434 e. The highest BCUT2D eigenvalue weighted by atomic mass is 35.5. The number of ether oxygens (including phenoxy) is 1. The molecule has 0 aromatic heterocycles. The summed E-state index contributed by atoms with van der Waals surface area (Å²) in [5, 5.41) is 3.93. The zero-order chi connectivity index (χ0) is 15.1. The van der Waals surface area contributed by atoms with Crippen molar-refractivity contribution in [1.82, 2.24) is 5.32 Å². The molecule has 0 aliphatic heterocycles. The van der Waals surface area contributed by atoms with Gasteiger partial charge >= 0.3 is 6.61 Å². The average molecular weight is 312 g/mol. The Labute approximate surface area is 127 Å². The van der Waals surface area contributed by atoms with Crippen LogP contribution in [0.25, 0.3) is 0 Å². The van der Waals surface area contributed by atoms with Gasteiger partial charge in [0.2, 0.25) is 0 Å². The van der Waals surface area contributed by atoms with Crippen LogP contribution in [-0.4, -0.2) is 13.2 Å². The zero-order valence-corrected chi connectivity index (χ0v) is 12.1. The van der Waals surface area contributed by atoms with E-state index in [2.05, 4.69) is 10.1 Å². The highest BCUT2D eigenvalue weighted by Gasteiger charge is 2.08. The first-order valence-electron chi connectivity index (χ1n) is 6.63. The molecule has 0 spiro atoms. The average Bonchev–Trinajstić information content (AvgIpc) is 2.46. The van der Waals surface area contributed by atoms with Crippen LogP contribution in [0.1, 0.15) is 11.1 Å². The van der Waals surface area contributed by atoms with Crippen molar-refractivity contribution >= 4 is 11.6 Å². The Balaban J connectivity index is 1.82. The highest BCUT2D eigenvalue weighted by molar-refractivity contribution is 6.30. The molecule has 2 aromatic carbocycles. The number of hydrogen-bond acceptors (Lipinski definition) is 2. The normalized spacial score (nSPS) is 10.9. The molecule has 0 atom stereocenters. The van der Waals surface area contributed by atoms with E-state index in [9.17, 15) is 8.78 Å². The van der Waals surface area contributed by atoms with Gasteiger partial charge in [-0.3, -0.25) is 0 Å². The van der Waals surface area contributed by atoms with Crippen molar-refractivity contribution < 1.29 is 13.5 Å². The Morgan fingerprint density at radius 3 is 2.48 bits per heavy atom. The number of halogens is 3. The second-order valence-electron chi connectivity index (χ2n) is 4.54. The molecule has 2 nitrogen and oxygen atoms in total. The van der Waals surface area contributed by atoms with E-state index in [-0.39, 0.29) is 5.75 Å². The summed E-state index contributed by atoms with van der Waals surface area (Å²) in [6, 6.07) is 14.4. The fourth-order valence-corrected chi connectivity index (χ4v) is 2.09. The van der Waals surface area contributed by atoms with E-state index >= 15 is 0 Å². The molecule has 0 fully saturated rings. The van der Waals surface area contributed by atoms with Crippen molar-refractivity contribution in [1.29, 1.82) is 0 Å². The summed E-state index contributed by atoms with van der Waals surface area (Å²) < 4.78 is 29.1. The van der Waals surface area contributed by atoms with Gasteiger partial charge in [0.05, 0.1) is 0 Å². The molecule has 112 valence electrons. The van der Waals surface area contributed by atoms with E-state index < -0.39 is 6.61 Å². The molecule has 0 radical (unpaired) electrons. The molecule has 0 saturated heterocycles. The lowest BCUT2D eigenvalue weighted by Crippen LogP contribution is -2.17. The van der Waals surface area contributed by atoms with Crippen LogP contribution < -0.4 is 10.1 Å². The molecule has 2 rings (SSSR count). The van der Waals surface area contributed by atoms with Crippen LogP contribution in [0.5, 0.6) is 5.75 Å². The molecule has 0 unspecified atom stereocenters. The summed E-state index contributed by atoms with van der Waals surface area (Å²) >= 11 is 5.82. The first kappa shape index (κ1) is 15.7. The number of para-hydroxylation sites is 1. The molecule has 5 heteroatoms. The third kappa shape index (κ3) is 5.33. The minimum absolute atomic E-state index is 0.214. The maximum absolute atomic E-state index is 12.3. The Kier molecular flexibility index (Phi) is 5.96. The van der Waals surface area contributed by atoms with E-state index in [1.807, 2.05) is 24.3 Å². The Bertz CT molecular complexity index is 560. The van der Waals surface area contributed by atoms with E-state index in [4.69, 9.17) is 11.6 Å². The largest absolute Gasteiger partial charge is 0.434 e. The van der Waals surface area contributed by atoms with Gasteiger partial charge in [0.1, 0.15) is 5.75 Å². The van der Waals surface area contributed by atoms with E-state index in [0.29, 0.717) is 17.1 Å². The first-order chi connectivity index (χ1) is 10.1. The quantitative estimate of drug-likeness (QED) is 0.771. The molecule has 0 bridgehead atoms. The lowest BCUT2D eigenvalue weighted by molar-refractivity contribution is -0.0504. The topological polar surface area (TPSA) is 21.3 Å². The van der Waals surface area contributed by atoms with Gasteiger partial charge in [0.15, 0.2) is 0 Å². The Morgan fingerprint density at radius 2 is 1.76 bits per heavy atom. The third-order valence-electron chi connectivity index (χ3n) is 3.01. The van der Waals surface area contributed by atoms with Crippen molar-refractivity contribution in [2.75, 3.05) is 6.54 Å². The first-order valence-corrected chi connectivity index (χ1v) is 7.01. The number of hydrogen-bond donors (Lipinski definition) is 1. The lowest BCUT2D eigenvalue weighted by Gasteiger charge is -2.11. The molecule has 2 aromatic rings. The molecule has 0 amide bonds. The van der Waals surface area contributed by atoms with Crippen LogP contribution in [0.3, 0.4) is 0 Å². The van der Waals surface area contributed by atoms with E-state index in [0.717, 1.165) is 13.0 Å². The lowest BCUT2D eigenvalue weighted by atomic mass is 10.1. The van der Waals surface area contributed by atoms with Crippen molar-refractivity contribution in [2.45, 2.75) is 19.6 Å². The van der Waals surface area contributed by atoms with Crippen molar-refractivity contribution in [3.63, 3.8) is 0 Å². The van der Waals surface area contributed by atoms with Gasteiger partial charge in [-0.2, -0.15) is 8.78 Å². The van der Waals surface area contributed by atoms with Crippen molar-refractivity contribution in [2.24, 2.45) is 0 Å². The van der Waals surface area contributed by atoms with Crippen LogP contribution in [0, 0.1) is 0 Å². The van der Waals surface area contributed by atoms with E-state index in [1.165, 1.54) is 5.56 Å². The zero-order valence-electron chi connectivity index (χ0n) is 11.4. The predicted molar refractivity (Wildman–Crippen MR) is 79.9 cm³/mol. The molecule has 0 aliphatic rings. The van der Waals surface area contributed by atoms with E-state index in [1.54, 1.807) is 24.3 Å². The van der Waals surface area contributed by atoms with Gasteiger partial charge in [0.25, 0.3) is 0 Å². The second kappa shape index (κ2) is 7.96. The van der Waals surface area contributed by atoms with Crippen LogP contribution in [-0.2, 0) is 13.0 Å². The summed E-state index contributed by atoms with van der Waals surface area (Å²) in [7, 11) is 0. The summed E-state index contributed by atoms with van der Waals surface area (Å²) in [5.74, 6) is 0.214. The summed E-state index contributed by atoms with van der Waals surface area (Å²) in [6.07, 6.45) is 0.842. The fourth-order valence-electron chi connectivity index (χ4n) is 1.97. The fraction of sp³-hybridized carbons (Fsp3) is 0.250. The van der Waals surface area contributed by atoms with Crippen LogP contribution >= 0.6 is 11.6 Å². The van der Waals surface area contributed by atoms with Gasteiger partial charge in [-0.25, -0.2) is 0 Å². The van der Waals surface area contributed by atoms with Crippen LogP contribution in [0.15, 0.2) is 48.5 Å². The van der Waals surface area contributed by atoms with Gasteiger partial charge < -0.3 is 10.1 Å². The summed E-state index contributed by atoms with van der Waals surface area (Å²) in [5.41, 5.74) is 1.89. The molecule has 1 N–H and O–H groups in total. The standard InChI is InChI=1S/C16H16ClF2NO/c17-14-7-5-12(6-8-14)9-10-20-11-13-3-1-2-4-15(13)21-16(18)19/h1-8,16,20H,9-11H2. The SMILES string of the molecule is FC(F)Oc1ccccc1CNCCc1ccc(Cl)cc1. The van der Waals surface area contributed by atoms with Crippen LogP contribution in [0.4, 0.5) is 8.78 Å².